The standard InChI is InChI=1S/C14H28N2O.ClH/c1-10(2)12-6-5-8-16(9-7-12)14(17)13(15)11(3)4;/h10-13H,5-9,15H2,1-4H3;1H/t12?,13-;/m1./s1. The first-order valence-electron chi connectivity index (χ1n) is 6.97. The average molecular weight is 277 g/mol. The number of nitrogens with zero attached hydrogens (tertiary/aromatic N) is 1. The van der Waals surface area contributed by atoms with Gasteiger partial charge in [-0.15, -0.1) is 12.4 Å². The molecule has 0 saturated carbocycles. The Morgan fingerprint density at radius 2 is 1.78 bits per heavy atom. The van der Waals surface area contributed by atoms with Crippen LogP contribution in [0.25, 0.3) is 0 Å². The van der Waals surface area contributed by atoms with Gasteiger partial charge in [-0.2, -0.15) is 0 Å². The fourth-order valence-electron chi connectivity index (χ4n) is 2.51. The minimum atomic E-state index is -0.328. The van der Waals surface area contributed by atoms with Gasteiger partial charge in [-0.3, -0.25) is 4.79 Å². The van der Waals surface area contributed by atoms with Gasteiger partial charge in [0.25, 0.3) is 0 Å². The molecule has 1 heterocycles. The third-order valence-corrected chi connectivity index (χ3v) is 4.03. The number of hydrogen-bond donors (Lipinski definition) is 1. The van der Waals surface area contributed by atoms with Crippen molar-refractivity contribution in [3.63, 3.8) is 0 Å². The number of carbonyl (C=O) groups is 1. The maximum Gasteiger partial charge on any atom is 0.239 e. The van der Waals surface area contributed by atoms with E-state index in [0.29, 0.717) is 0 Å². The lowest BCUT2D eigenvalue weighted by atomic mass is 9.89. The first-order chi connectivity index (χ1) is 7.93. The van der Waals surface area contributed by atoms with Crippen LogP contribution in [0.5, 0.6) is 0 Å². The molecule has 1 aliphatic rings. The molecule has 1 aliphatic heterocycles. The van der Waals surface area contributed by atoms with Crippen LogP contribution in [-0.4, -0.2) is 29.9 Å². The van der Waals surface area contributed by atoms with E-state index >= 15 is 0 Å². The van der Waals surface area contributed by atoms with E-state index in [4.69, 9.17) is 5.73 Å². The van der Waals surface area contributed by atoms with Crippen LogP contribution < -0.4 is 5.73 Å². The second kappa shape index (κ2) is 8.00. The summed E-state index contributed by atoms with van der Waals surface area (Å²) in [6.07, 6.45) is 3.51. The second-order valence-electron chi connectivity index (χ2n) is 6.03. The summed E-state index contributed by atoms with van der Waals surface area (Å²) in [5.41, 5.74) is 5.95. The van der Waals surface area contributed by atoms with Gasteiger partial charge in [0.15, 0.2) is 0 Å². The first kappa shape index (κ1) is 17.7. The Kier molecular flexibility index (Phi) is 7.88. The van der Waals surface area contributed by atoms with Crippen molar-refractivity contribution < 1.29 is 4.79 Å². The minimum Gasteiger partial charge on any atom is -0.341 e. The molecule has 1 fully saturated rings. The number of hydrogen-bond acceptors (Lipinski definition) is 2. The number of carbonyl (C=O) groups excluding carboxylic acids is 1. The maximum absolute atomic E-state index is 12.2. The van der Waals surface area contributed by atoms with E-state index in [-0.39, 0.29) is 30.3 Å². The van der Waals surface area contributed by atoms with Crippen molar-refractivity contribution >= 4 is 18.3 Å². The van der Waals surface area contributed by atoms with Gasteiger partial charge in [-0.05, 0) is 37.0 Å². The molecule has 0 spiro atoms. The summed E-state index contributed by atoms with van der Waals surface area (Å²) in [5, 5.41) is 0. The Labute approximate surface area is 118 Å². The Bertz CT molecular complexity index is 256. The molecule has 18 heavy (non-hydrogen) atoms. The predicted octanol–water partition coefficient (Wildman–Crippen LogP) is 2.68. The van der Waals surface area contributed by atoms with Crippen molar-refractivity contribution in [2.45, 2.75) is 53.0 Å². The Morgan fingerprint density at radius 1 is 1.17 bits per heavy atom. The highest BCUT2D eigenvalue weighted by Gasteiger charge is 2.26. The summed E-state index contributed by atoms with van der Waals surface area (Å²) >= 11 is 0. The highest BCUT2D eigenvalue weighted by atomic mass is 35.5. The lowest BCUT2D eigenvalue weighted by molar-refractivity contribution is -0.133. The number of likely N-dealkylation sites (tertiary alicyclic amines) is 1. The lowest BCUT2D eigenvalue weighted by Crippen LogP contribution is -2.46. The van der Waals surface area contributed by atoms with Crippen molar-refractivity contribution in [3.8, 4) is 0 Å². The molecular formula is C14H29ClN2O. The van der Waals surface area contributed by atoms with Crippen LogP contribution in [0, 0.1) is 17.8 Å². The quantitative estimate of drug-likeness (QED) is 0.861. The van der Waals surface area contributed by atoms with E-state index in [2.05, 4.69) is 13.8 Å². The van der Waals surface area contributed by atoms with E-state index in [0.717, 1.165) is 37.8 Å². The van der Waals surface area contributed by atoms with Crippen LogP contribution in [-0.2, 0) is 4.79 Å². The zero-order chi connectivity index (χ0) is 13.0. The van der Waals surface area contributed by atoms with Crippen LogP contribution in [0.2, 0.25) is 0 Å². The van der Waals surface area contributed by atoms with Crippen molar-refractivity contribution in [2.75, 3.05) is 13.1 Å². The number of halogens is 1. The van der Waals surface area contributed by atoms with E-state index in [9.17, 15) is 4.79 Å². The largest absolute Gasteiger partial charge is 0.341 e. The fourth-order valence-corrected chi connectivity index (χ4v) is 2.51. The van der Waals surface area contributed by atoms with E-state index in [1.54, 1.807) is 0 Å². The summed E-state index contributed by atoms with van der Waals surface area (Å²) < 4.78 is 0. The van der Waals surface area contributed by atoms with Crippen molar-refractivity contribution in [1.82, 2.24) is 4.90 Å². The van der Waals surface area contributed by atoms with Crippen LogP contribution in [0.4, 0.5) is 0 Å². The topological polar surface area (TPSA) is 46.3 Å². The average Bonchev–Trinajstić information content (AvgIpc) is 2.52. The van der Waals surface area contributed by atoms with Crippen LogP contribution in [0.3, 0.4) is 0 Å². The van der Waals surface area contributed by atoms with Gasteiger partial charge in [-0.25, -0.2) is 0 Å². The smallest absolute Gasteiger partial charge is 0.239 e. The number of rotatable bonds is 3. The van der Waals surface area contributed by atoms with E-state index in [1.165, 1.54) is 6.42 Å². The zero-order valence-corrected chi connectivity index (χ0v) is 13.0. The zero-order valence-electron chi connectivity index (χ0n) is 12.2. The molecule has 2 N–H and O–H groups in total. The van der Waals surface area contributed by atoms with Gasteiger partial charge in [-0.1, -0.05) is 27.7 Å². The summed E-state index contributed by atoms with van der Waals surface area (Å²) in [6, 6.07) is -0.328. The van der Waals surface area contributed by atoms with Crippen molar-refractivity contribution in [2.24, 2.45) is 23.5 Å². The monoisotopic (exact) mass is 276 g/mol. The maximum atomic E-state index is 12.2. The first-order valence-corrected chi connectivity index (χ1v) is 6.97. The lowest BCUT2D eigenvalue weighted by Gasteiger charge is -2.26. The molecule has 1 amide bonds. The predicted molar refractivity (Wildman–Crippen MR) is 78.8 cm³/mol. The molecule has 4 heteroatoms. The van der Waals surface area contributed by atoms with Gasteiger partial charge < -0.3 is 10.6 Å². The third-order valence-electron chi connectivity index (χ3n) is 4.03. The Balaban J connectivity index is 0.00000289. The molecule has 1 unspecified atom stereocenters. The van der Waals surface area contributed by atoms with Crippen molar-refractivity contribution in [3.05, 3.63) is 0 Å². The molecule has 1 rings (SSSR count). The summed E-state index contributed by atoms with van der Waals surface area (Å²) in [6.45, 7) is 10.4. The van der Waals surface area contributed by atoms with Gasteiger partial charge in [0.2, 0.25) is 5.91 Å². The minimum absolute atomic E-state index is 0. The summed E-state index contributed by atoms with van der Waals surface area (Å²) in [5.74, 6) is 1.86. The Hall–Kier alpha value is -0.280. The fraction of sp³-hybridized carbons (Fsp3) is 0.929. The number of amides is 1. The third kappa shape index (κ3) is 4.77. The number of nitrogens with two attached hydrogens (primary N) is 1. The van der Waals surface area contributed by atoms with E-state index < -0.39 is 0 Å². The molecule has 0 aromatic rings. The van der Waals surface area contributed by atoms with Gasteiger partial charge in [0.05, 0.1) is 6.04 Å². The van der Waals surface area contributed by atoms with Crippen molar-refractivity contribution in [1.29, 1.82) is 0 Å². The molecule has 108 valence electrons. The molecule has 0 aliphatic carbocycles. The molecule has 2 atom stereocenters. The van der Waals surface area contributed by atoms with Crippen LogP contribution in [0.1, 0.15) is 47.0 Å². The van der Waals surface area contributed by atoms with E-state index in [1.807, 2.05) is 18.7 Å². The van der Waals surface area contributed by atoms with Gasteiger partial charge >= 0.3 is 0 Å². The highest BCUT2D eigenvalue weighted by molar-refractivity contribution is 5.85. The molecule has 0 radical (unpaired) electrons. The molecule has 0 aromatic carbocycles. The normalized spacial score (nSPS) is 22.6. The van der Waals surface area contributed by atoms with Crippen LogP contribution in [0.15, 0.2) is 0 Å². The molecule has 0 aromatic heterocycles. The molecule has 1 saturated heterocycles. The van der Waals surface area contributed by atoms with Crippen LogP contribution >= 0.6 is 12.4 Å². The second-order valence-corrected chi connectivity index (χ2v) is 6.03. The summed E-state index contributed by atoms with van der Waals surface area (Å²) in [7, 11) is 0. The molecule has 3 nitrogen and oxygen atoms in total. The highest BCUT2D eigenvalue weighted by Crippen LogP contribution is 2.24. The van der Waals surface area contributed by atoms with Gasteiger partial charge in [0.1, 0.15) is 0 Å². The SMILES string of the molecule is CC(C)C1CCCN(C(=O)[C@H](N)C(C)C)CC1.Cl. The van der Waals surface area contributed by atoms with Gasteiger partial charge in [0, 0.05) is 13.1 Å². The Morgan fingerprint density at radius 3 is 2.28 bits per heavy atom. The molecule has 0 bridgehead atoms. The summed E-state index contributed by atoms with van der Waals surface area (Å²) in [4.78, 5) is 14.1. The molecular weight excluding hydrogens is 248 g/mol.